The highest BCUT2D eigenvalue weighted by Crippen LogP contribution is 2.31. The molecule has 0 radical (unpaired) electrons. The smallest absolute Gasteiger partial charge is 0.228 e. The summed E-state index contributed by atoms with van der Waals surface area (Å²) in [5.74, 6) is 2.30. The van der Waals surface area contributed by atoms with Gasteiger partial charge in [0.1, 0.15) is 17.4 Å². The molecule has 6 nitrogen and oxygen atoms in total. The van der Waals surface area contributed by atoms with Crippen molar-refractivity contribution in [2.75, 3.05) is 24.8 Å². The van der Waals surface area contributed by atoms with Crippen LogP contribution in [0.4, 0.5) is 11.6 Å². The fraction of sp³-hybridized carbons (Fsp3) is 0.227. The van der Waals surface area contributed by atoms with E-state index in [0.717, 1.165) is 46.3 Å². The van der Waals surface area contributed by atoms with E-state index in [1.165, 1.54) is 0 Å². The maximum Gasteiger partial charge on any atom is 0.228 e. The first-order valence-electron chi connectivity index (χ1n) is 9.27. The Morgan fingerprint density at radius 3 is 2.75 bits per heavy atom. The van der Waals surface area contributed by atoms with Crippen molar-refractivity contribution in [3.63, 3.8) is 0 Å². The fourth-order valence-corrected chi connectivity index (χ4v) is 3.06. The Morgan fingerprint density at radius 2 is 2.00 bits per heavy atom. The molecule has 6 heteroatoms. The highest BCUT2D eigenvalue weighted by Gasteiger charge is 2.29. The Bertz CT molecular complexity index is 1060. The molecular formula is C22H22N4O2. The van der Waals surface area contributed by atoms with E-state index in [-0.39, 0.29) is 11.8 Å². The number of hydrogen-bond donors (Lipinski definition) is 2. The van der Waals surface area contributed by atoms with Crippen molar-refractivity contribution in [2.45, 2.75) is 12.8 Å². The molecule has 0 atom stereocenters. The third-order valence-corrected chi connectivity index (χ3v) is 4.79. The van der Waals surface area contributed by atoms with Gasteiger partial charge in [0.15, 0.2) is 0 Å². The minimum absolute atomic E-state index is 0.0446. The van der Waals surface area contributed by atoms with Gasteiger partial charge in [-0.15, -0.1) is 0 Å². The van der Waals surface area contributed by atoms with Gasteiger partial charge in [0.05, 0.1) is 7.11 Å². The van der Waals surface area contributed by atoms with E-state index < -0.39 is 0 Å². The molecule has 1 amide bonds. The molecule has 1 aromatic carbocycles. The number of rotatable bonds is 6. The van der Waals surface area contributed by atoms with E-state index in [9.17, 15) is 4.79 Å². The summed E-state index contributed by atoms with van der Waals surface area (Å²) in [6.07, 6.45) is 9.51. The Hall–Kier alpha value is -3.41. The molecule has 0 saturated heterocycles. The molecule has 0 aliphatic heterocycles. The van der Waals surface area contributed by atoms with Gasteiger partial charge in [0, 0.05) is 36.3 Å². The highest BCUT2D eigenvalue weighted by atomic mass is 16.5. The van der Waals surface area contributed by atoms with E-state index in [1.807, 2.05) is 55.7 Å². The quantitative estimate of drug-likeness (QED) is 0.676. The Morgan fingerprint density at radius 1 is 1.14 bits per heavy atom. The summed E-state index contributed by atoms with van der Waals surface area (Å²) in [5, 5.41) is 7.89. The van der Waals surface area contributed by atoms with Crippen LogP contribution in [-0.4, -0.2) is 30.0 Å². The number of benzene rings is 1. The first kappa shape index (κ1) is 18.0. The number of methoxy groups -OCH3 is 1. The van der Waals surface area contributed by atoms with E-state index in [2.05, 4.69) is 20.6 Å². The Labute approximate surface area is 163 Å². The van der Waals surface area contributed by atoms with E-state index >= 15 is 0 Å². The molecule has 2 N–H and O–H groups in total. The predicted octanol–water partition coefficient (Wildman–Crippen LogP) is 4.20. The molecule has 1 saturated carbocycles. The van der Waals surface area contributed by atoms with Crippen molar-refractivity contribution < 1.29 is 9.53 Å². The van der Waals surface area contributed by atoms with Crippen LogP contribution in [0.15, 0.2) is 42.7 Å². The zero-order chi connectivity index (χ0) is 19.5. The first-order chi connectivity index (χ1) is 13.7. The van der Waals surface area contributed by atoms with Crippen LogP contribution >= 0.6 is 0 Å². The van der Waals surface area contributed by atoms with E-state index in [0.29, 0.717) is 5.82 Å². The van der Waals surface area contributed by atoms with Crippen molar-refractivity contribution in [1.82, 2.24) is 9.97 Å². The summed E-state index contributed by atoms with van der Waals surface area (Å²) < 4.78 is 5.28. The molecule has 0 spiro atoms. The maximum atomic E-state index is 12.1. The van der Waals surface area contributed by atoms with Crippen molar-refractivity contribution in [2.24, 2.45) is 5.92 Å². The SMILES string of the molecule is CNc1ncc(/C=C/c2cccc(OC)c2)c2cc(NC(=O)C3CC3)ncc12. The molecule has 0 unspecified atom stereocenters. The zero-order valence-electron chi connectivity index (χ0n) is 15.9. The highest BCUT2D eigenvalue weighted by molar-refractivity contribution is 6.01. The first-order valence-corrected chi connectivity index (χ1v) is 9.27. The number of amides is 1. The number of ether oxygens (including phenoxy) is 1. The number of carbonyl (C=O) groups is 1. The van der Waals surface area contributed by atoms with Crippen LogP contribution in [0.2, 0.25) is 0 Å². The van der Waals surface area contributed by atoms with Crippen LogP contribution in [0.25, 0.3) is 22.9 Å². The topological polar surface area (TPSA) is 76.1 Å². The molecule has 142 valence electrons. The third-order valence-electron chi connectivity index (χ3n) is 4.79. The zero-order valence-corrected chi connectivity index (χ0v) is 15.9. The average molecular weight is 374 g/mol. The summed E-state index contributed by atoms with van der Waals surface area (Å²) >= 11 is 0. The van der Waals surface area contributed by atoms with Gasteiger partial charge in [0.2, 0.25) is 5.91 Å². The number of carbonyl (C=O) groups excluding carboxylic acids is 1. The summed E-state index contributed by atoms with van der Waals surface area (Å²) in [6.45, 7) is 0. The van der Waals surface area contributed by atoms with Gasteiger partial charge in [-0.3, -0.25) is 4.79 Å². The molecule has 1 aliphatic rings. The lowest BCUT2D eigenvalue weighted by Gasteiger charge is -2.10. The molecule has 3 aromatic rings. The standard InChI is InChI=1S/C22H22N4O2/c1-23-21-19-13-24-20(26-22(27)15-8-9-15)11-18(19)16(12-25-21)7-6-14-4-3-5-17(10-14)28-2/h3-7,10-13,15H,8-9H2,1-2H3,(H,23,25)(H,24,26,27)/b7-6+. The number of nitrogens with zero attached hydrogens (tertiary/aromatic N) is 2. The maximum absolute atomic E-state index is 12.1. The largest absolute Gasteiger partial charge is 0.497 e. The van der Waals surface area contributed by atoms with Crippen molar-refractivity contribution in [1.29, 1.82) is 0 Å². The van der Waals surface area contributed by atoms with E-state index in [1.54, 1.807) is 13.3 Å². The van der Waals surface area contributed by atoms with Gasteiger partial charge in [-0.25, -0.2) is 9.97 Å². The molecule has 0 bridgehead atoms. The minimum atomic E-state index is 0.0446. The van der Waals surface area contributed by atoms with Crippen molar-refractivity contribution >= 4 is 40.5 Å². The third kappa shape index (κ3) is 3.81. The lowest BCUT2D eigenvalue weighted by Crippen LogP contribution is -2.14. The number of hydrogen-bond acceptors (Lipinski definition) is 5. The number of nitrogens with one attached hydrogen (secondary N) is 2. The molecule has 1 fully saturated rings. The van der Waals surface area contributed by atoms with Crippen LogP contribution in [0.5, 0.6) is 5.75 Å². The average Bonchev–Trinajstić information content (AvgIpc) is 3.57. The summed E-state index contributed by atoms with van der Waals surface area (Å²) in [7, 11) is 3.48. The minimum Gasteiger partial charge on any atom is -0.497 e. The molecule has 1 aliphatic carbocycles. The van der Waals surface area contributed by atoms with Crippen LogP contribution in [0.3, 0.4) is 0 Å². The molecule has 2 heterocycles. The summed E-state index contributed by atoms with van der Waals surface area (Å²) in [4.78, 5) is 21.0. The van der Waals surface area contributed by atoms with Gasteiger partial charge in [-0.1, -0.05) is 24.3 Å². The van der Waals surface area contributed by atoms with Crippen molar-refractivity contribution in [3.05, 3.63) is 53.9 Å². The Kier molecular flexibility index (Phi) is 4.93. The van der Waals surface area contributed by atoms with Crippen molar-refractivity contribution in [3.8, 4) is 5.75 Å². The second kappa shape index (κ2) is 7.68. The normalized spacial score (nSPS) is 13.6. The molecule has 2 aromatic heterocycles. The second-order valence-electron chi connectivity index (χ2n) is 6.80. The number of aromatic nitrogens is 2. The predicted molar refractivity (Wildman–Crippen MR) is 112 cm³/mol. The van der Waals surface area contributed by atoms with Crippen LogP contribution in [-0.2, 0) is 4.79 Å². The lowest BCUT2D eigenvalue weighted by atomic mass is 10.1. The van der Waals surface area contributed by atoms with Gasteiger partial charge in [-0.05, 0) is 42.0 Å². The van der Waals surface area contributed by atoms with Crippen LogP contribution in [0.1, 0.15) is 24.0 Å². The van der Waals surface area contributed by atoms with Gasteiger partial charge < -0.3 is 15.4 Å². The second-order valence-corrected chi connectivity index (χ2v) is 6.80. The van der Waals surface area contributed by atoms with Crippen LogP contribution < -0.4 is 15.4 Å². The molecule has 28 heavy (non-hydrogen) atoms. The monoisotopic (exact) mass is 374 g/mol. The number of anilines is 2. The summed E-state index contributed by atoms with van der Waals surface area (Å²) in [6, 6.07) is 9.75. The molecule has 4 rings (SSSR count). The van der Waals surface area contributed by atoms with E-state index in [4.69, 9.17) is 4.74 Å². The van der Waals surface area contributed by atoms with Crippen LogP contribution in [0, 0.1) is 5.92 Å². The number of pyridine rings is 2. The van der Waals surface area contributed by atoms with Gasteiger partial charge >= 0.3 is 0 Å². The number of fused-ring (bicyclic) bond motifs is 1. The van der Waals surface area contributed by atoms with Gasteiger partial charge in [0.25, 0.3) is 0 Å². The van der Waals surface area contributed by atoms with Gasteiger partial charge in [-0.2, -0.15) is 0 Å². The summed E-state index contributed by atoms with van der Waals surface area (Å²) in [5.41, 5.74) is 1.97. The lowest BCUT2D eigenvalue weighted by molar-refractivity contribution is -0.117. The Balaban J connectivity index is 1.71. The fourth-order valence-electron chi connectivity index (χ4n) is 3.06. The molecular weight excluding hydrogens is 352 g/mol.